The van der Waals surface area contributed by atoms with Gasteiger partial charge in [-0.05, 0) is 38.0 Å². The normalized spacial score (nSPS) is 15.8. The first-order valence-corrected chi connectivity index (χ1v) is 10.2. The van der Waals surface area contributed by atoms with Crippen molar-refractivity contribution in [1.29, 1.82) is 0 Å². The molecule has 9 heteroatoms. The molecule has 2 aromatic rings. The number of nitrogens with one attached hydrogen (secondary N) is 1. The second kappa shape index (κ2) is 8.85. The summed E-state index contributed by atoms with van der Waals surface area (Å²) in [4.78, 5) is 31.9. The molecule has 1 aliphatic heterocycles. The monoisotopic (exact) mass is 418 g/mol. The average Bonchev–Trinajstić information content (AvgIpc) is 2.91. The number of thiocarbonyl (C=S) groups is 1. The van der Waals surface area contributed by atoms with E-state index in [-0.39, 0.29) is 11.5 Å². The summed E-state index contributed by atoms with van der Waals surface area (Å²) in [6.07, 6.45) is 4.10. The molecule has 0 aliphatic carbocycles. The first kappa shape index (κ1) is 20.5. The lowest BCUT2D eigenvalue weighted by Crippen LogP contribution is -2.23. The zero-order valence-electron chi connectivity index (χ0n) is 16.0. The van der Waals surface area contributed by atoms with Crippen molar-refractivity contribution in [3.05, 3.63) is 44.7 Å². The molecule has 0 aromatic carbocycles. The van der Waals surface area contributed by atoms with Gasteiger partial charge in [0.1, 0.15) is 15.8 Å². The van der Waals surface area contributed by atoms with Crippen molar-refractivity contribution < 1.29 is 9.53 Å². The van der Waals surface area contributed by atoms with E-state index in [9.17, 15) is 9.59 Å². The SMILES string of the molecule is CCOCCCNc1nc2ccc(C)cn2c(=O)c1/C=C1/SC(=S)N(C)C1=O. The van der Waals surface area contributed by atoms with Crippen LogP contribution in [0.1, 0.15) is 24.5 Å². The van der Waals surface area contributed by atoms with Crippen LogP contribution < -0.4 is 10.9 Å². The Labute approximate surface area is 172 Å². The van der Waals surface area contributed by atoms with Crippen LogP contribution in [0.4, 0.5) is 5.82 Å². The van der Waals surface area contributed by atoms with E-state index < -0.39 is 0 Å². The predicted molar refractivity (Wildman–Crippen MR) is 117 cm³/mol. The maximum absolute atomic E-state index is 13.1. The van der Waals surface area contributed by atoms with Crippen LogP contribution in [0, 0.1) is 6.92 Å². The number of hydrogen-bond acceptors (Lipinski definition) is 7. The summed E-state index contributed by atoms with van der Waals surface area (Å²) in [7, 11) is 1.63. The molecule has 1 saturated heterocycles. The van der Waals surface area contributed by atoms with Crippen LogP contribution in [0.25, 0.3) is 11.7 Å². The van der Waals surface area contributed by atoms with Gasteiger partial charge in [0, 0.05) is 33.0 Å². The van der Waals surface area contributed by atoms with Crippen molar-refractivity contribution in [1.82, 2.24) is 14.3 Å². The van der Waals surface area contributed by atoms with Gasteiger partial charge in [-0.3, -0.25) is 18.9 Å². The van der Waals surface area contributed by atoms with Crippen molar-refractivity contribution in [3.63, 3.8) is 0 Å². The van der Waals surface area contributed by atoms with Crippen LogP contribution in [0.5, 0.6) is 0 Å². The summed E-state index contributed by atoms with van der Waals surface area (Å²) < 4.78 is 7.31. The van der Waals surface area contributed by atoms with Crippen molar-refractivity contribution in [2.45, 2.75) is 20.3 Å². The number of ether oxygens (including phenoxy) is 1. The van der Waals surface area contributed by atoms with E-state index in [1.165, 1.54) is 21.1 Å². The number of aryl methyl sites for hydroxylation is 1. The van der Waals surface area contributed by atoms with Gasteiger partial charge in [-0.25, -0.2) is 4.98 Å². The quantitative estimate of drug-likeness (QED) is 0.421. The molecule has 7 nitrogen and oxygen atoms in total. The number of pyridine rings is 1. The number of rotatable bonds is 7. The summed E-state index contributed by atoms with van der Waals surface area (Å²) in [5.41, 5.74) is 1.60. The minimum Gasteiger partial charge on any atom is -0.382 e. The molecule has 0 atom stereocenters. The van der Waals surface area contributed by atoms with Crippen LogP contribution >= 0.6 is 24.0 Å². The highest BCUT2D eigenvalue weighted by molar-refractivity contribution is 8.26. The van der Waals surface area contributed by atoms with E-state index in [2.05, 4.69) is 10.3 Å². The molecule has 1 aliphatic rings. The second-order valence-electron chi connectivity index (χ2n) is 6.33. The predicted octanol–water partition coefficient (Wildman–Crippen LogP) is 2.67. The minimum atomic E-state index is -0.234. The largest absolute Gasteiger partial charge is 0.382 e. The lowest BCUT2D eigenvalue weighted by atomic mass is 10.2. The number of anilines is 1. The van der Waals surface area contributed by atoms with Crippen LogP contribution in [0.15, 0.2) is 28.0 Å². The first-order valence-electron chi connectivity index (χ1n) is 8.98. The van der Waals surface area contributed by atoms with Gasteiger partial charge in [-0.2, -0.15) is 0 Å². The van der Waals surface area contributed by atoms with Crippen molar-refractivity contribution in [3.8, 4) is 0 Å². The highest BCUT2D eigenvalue weighted by Crippen LogP contribution is 2.31. The van der Waals surface area contributed by atoms with E-state index >= 15 is 0 Å². The third-order valence-electron chi connectivity index (χ3n) is 4.23. The van der Waals surface area contributed by atoms with E-state index in [4.69, 9.17) is 17.0 Å². The molecule has 0 spiro atoms. The number of carbonyl (C=O) groups is 1. The third kappa shape index (κ3) is 4.26. The number of fused-ring (bicyclic) bond motifs is 1. The maximum Gasteiger partial charge on any atom is 0.267 e. The smallest absolute Gasteiger partial charge is 0.267 e. The van der Waals surface area contributed by atoms with E-state index in [1.54, 1.807) is 25.4 Å². The average molecular weight is 419 g/mol. The molecule has 3 heterocycles. The van der Waals surface area contributed by atoms with Crippen LogP contribution in [0.3, 0.4) is 0 Å². The van der Waals surface area contributed by atoms with Gasteiger partial charge in [-0.1, -0.05) is 30.0 Å². The first-order chi connectivity index (χ1) is 13.4. The Morgan fingerprint density at radius 3 is 2.82 bits per heavy atom. The van der Waals surface area contributed by atoms with Crippen molar-refractivity contribution >= 4 is 51.7 Å². The number of likely N-dealkylation sites (N-methyl/N-ethyl adjacent to an activating group) is 1. The van der Waals surface area contributed by atoms with Gasteiger partial charge in [-0.15, -0.1) is 0 Å². The molecular formula is C19H22N4O3S2. The molecule has 0 radical (unpaired) electrons. The van der Waals surface area contributed by atoms with Crippen LogP contribution in [0.2, 0.25) is 0 Å². The highest BCUT2D eigenvalue weighted by Gasteiger charge is 2.29. The van der Waals surface area contributed by atoms with Gasteiger partial charge in [0.05, 0.1) is 10.5 Å². The van der Waals surface area contributed by atoms with E-state index in [0.29, 0.717) is 46.0 Å². The fraction of sp³-hybridized carbons (Fsp3) is 0.368. The summed E-state index contributed by atoms with van der Waals surface area (Å²) >= 11 is 6.36. The van der Waals surface area contributed by atoms with Gasteiger partial charge < -0.3 is 10.1 Å². The Balaban J connectivity index is 2.03. The Hall–Kier alpha value is -2.23. The Bertz CT molecular complexity index is 1020. The van der Waals surface area contributed by atoms with Gasteiger partial charge >= 0.3 is 0 Å². The molecule has 1 N–H and O–H groups in total. The molecule has 0 unspecified atom stereocenters. The summed E-state index contributed by atoms with van der Waals surface area (Å²) in [6.45, 7) is 5.75. The zero-order valence-corrected chi connectivity index (χ0v) is 17.7. The number of carbonyl (C=O) groups excluding carboxylic acids is 1. The van der Waals surface area contributed by atoms with Gasteiger partial charge in [0.15, 0.2) is 0 Å². The highest BCUT2D eigenvalue weighted by atomic mass is 32.2. The summed E-state index contributed by atoms with van der Waals surface area (Å²) in [5, 5.41) is 3.21. The minimum absolute atomic E-state index is 0.217. The third-order valence-corrected chi connectivity index (χ3v) is 5.71. The molecule has 1 amide bonds. The van der Waals surface area contributed by atoms with Crippen LogP contribution in [-0.4, -0.2) is 51.3 Å². The Morgan fingerprint density at radius 2 is 2.14 bits per heavy atom. The Kier molecular flexibility index (Phi) is 6.48. The van der Waals surface area contributed by atoms with Crippen molar-refractivity contribution in [2.24, 2.45) is 0 Å². The molecule has 28 heavy (non-hydrogen) atoms. The summed E-state index contributed by atoms with van der Waals surface area (Å²) in [5.74, 6) is 0.234. The van der Waals surface area contributed by atoms with E-state index in [1.807, 2.05) is 19.9 Å². The topological polar surface area (TPSA) is 75.9 Å². The van der Waals surface area contributed by atoms with Gasteiger partial charge in [0.25, 0.3) is 11.5 Å². The molecule has 1 fully saturated rings. The van der Waals surface area contributed by atoms with Crippen LogP contribution in [-0.2, 0) is 9.53 Å². The standard InChI is InChI=1S/C19H22N4O3S2/c1-4-26-9-5-8-20-16-13(10-14-18(25)22(3)19(27)28-14)17(24)23-11-12(2)6-7-15(23)21-16/h6-7,10-11,20H,4-5,8-9H2,1-3H3/b14-10+. The lowest BCUT2D eigenvalue weighted by Gasteiger charge is -2.11. The number of amides is 1. The second-order valence-corrected chi connectivity index (χ2v) is 8.01. The molecule has 148 valence electrons. The Morgan fingerprint density at radius 1 is 1.36 bits per heavy atom. The summed E-state index contributed by atoms with van der Waals surface area (Å²) in [6, 6.07) is 3.71. The number of thioether (sulfide) groups is 1. The fourth-order valence-corrected chi connectivity index (χ4v) is 3.89. The molecular weight excluding hydrogens is 396 g/mol. The van der Waals surface area contributed by atoms with E-state index in [0.717, 1.165) is 12.0 Å². The molecule has 0 bridgehead atoms. The molecule has 0 saturated carbocycles. The fourth-order valence-electron chi connectivity index (χ4n) is 2.73. The number of nitrogens with zero attached hydrogens (tertiary/aromatic N) is 3. The zero-order chi connectivity index (χ0) is 20.3. The lowest BCUT2D eigenvalue weighted by molar-refractivity contribution is -0.121. The number of hydrogen-bond donors (Lipinski definition) is 1. The van der Waals surface area contributed by atoms with Crippen molar-refractivity contribution in [2.75, 3.05) is 32.1 Å². The maximum atomic E-state index is 13.1. The molecule has 3 rings (SSSR count). The number of aromatic nitrogens is 2. The van der Waals surface area contributed by atoms with Gasteiger partial charge in [0.2, 0.25) is 0 Å². The molecule has 2 aromatic heterocycles.